The third-order valence-corrected chi connectivity index (χ3v) is 3.12. The first kappa shape index (κ1) is 11.6. The number of likely N-dealkylation sites (N-methyl/N-ethyl adjacent to an activating group) is 1. The number of nitrogens with one attached hydrogen (secondary N) is 1. The number of benzene rings is 1. The molecule has 0 amide bonds. The van der Waals surface area contributed by atoms with E-state index in [0.717, 1.165) is 25.3 Å². The molecule has 0 aliphatic carbocycles. The maximum atomic E-state index is 4.24. The number of hydrogen-bond acceptors (Lipinski definition) is 2. The Bertz CT molecular complexity index is 450. The number of thiol groups is 1. The minimum Gasteiger partial charge on any atom is -0.361 e. The van der Waals surface area contributed by atoms with Crippen molar-refractivity contribution in [2.45, 2.75) is 6.42 Å². The lowest BCUT2D eigenvalue weighted by Crippen LogP contribution is -2.23. The van der Waals surface area contributed by atoms with E-state index in [1.54, 1.807) is 0 Å². The first-order valence-corrected chi connectivity index (χ1v) is 6.29. The third-order valence-electron chi connectivity index (χ3n) is 2.92. The van der Waals surface area contributed by atoms with Gasteiger partial charge < -0.3 is 9.88 Å². The Morgan fingerprint density at radius 1 is 1.25 bits per heavy atom. The molecule has 1 N–H and O–H groups in total. The van der Waals surface area contributed by atoms with Gasteiger partial charge in [0.2, 0.25) is 0 Å². The van der Waals surface area contributed by atoms with Gasteiger partial charge in [0.1, 0.15) is 0 Å². The van der Waals surface area contributed by atoms with E-state index in [9.17, 15) is 0 Å². The summed E-state index contributed by atoms with van der Waals surface area (Å²) in [5.74, 6) is 0.921. The molecule has 0 radical (unpaired) electrons. The lowest BCUT2D eigenvalue weighted by Gasteiger charge is -2.14. The van der Waals surface area contributed by atoms with Gasteiger partial charge >= 0.3 is 0 Å². The van der Waals surface area contributed by atoms with Crippen LogP contribution in [-0.4, -0.2) is 35.8 Å². The molecule has 3 heteroatoms. The predicted octanol–water partition coefficient (Wildman–Crippen LogP) is 2.57. The van der Waals surface area contributed by atoms with E-state index in [-0.39, 0.29) is 0 Å². The van der Waals surface area contributed by atoms with Crippen molar-refractivity contribution in [1.29, 1.82) is 0 Å². The summed E-state index contributed by atoms with van der Waals surface area (Å²) in [6, 6.07) is 8.46. The highest BCUT2D eigenvalue weighted by molar-refractivity contribution is 7.80. The van der Waals surface area contributed by atoms with Crippen LogP contribution in [0.5, 0.6) is 0 Å². The monoisotopic (exact) mass is 234 g/mol. The normalized spacial score (nSPS) is 11.4. The number of aromatic amines is 1. The molecule has 0 aliphatic rings. The second-order valence-electron chi connectivity index (χ2n) is 4.14. The summed E-state index contributed by atoms with van der Waals surface area (Å²) in [6.07, 6.45) is 3.22. The molecule has 0 saturated heterocycles. The van der Waals surface area contributed by atoms with Crippen LogP contribution in [0.3, 0.4) is 0 Å². The molecule has 0 atom stereocenters. The summed E-state index contributed by atoms with van der Waals surface area (Å²) in [6.45, 7) is 2.13. The van der Waals surface area contributed by atoms with Crippen molar-refractivity contribution in [2.75, 3.05) is 25.9 Å². The van der Waals surface area contributed by atoms with Crippen LogP contribution >= 0.6 is 12.6 Å². The van der Waals surface area contributed by atoms with Crippen molar-refractivity contribution < 1.29 is 0 Å². The molecule has 16 heavy (non-hydrogen) atoms. The molecule has 2 nitrogen and oxygen atoms in total. The standard InChI is InChI=1S/C13H18N2S/c1-15(8-9-16)7-6-11-10-14-13-5-3-2-4-12(11)13/h2-5,10,14,16H,6-9H2,1H3. The molecule has 86 valence electrons. The van der Waals surface area contributed by atoms with Gasteiger partial charge in [-0.1, -0.05) is 18.2 Å². The predicted molar refractivity (Wildman–Crippen MR) is 73.4 cm³/mol. The second kappa shape index (κ2) is 5.41. The molecule has 0 spiro atoms. The van der Waals surface area contributed by atoms with E-state index in [0.29, 0.717) is 0 Å². The number of rotatable bonds is 5. The van der Waals surface area contributed by atoms with Crippen LogP contribution in [0.15, 0.2) is 30.5 Å². The van der Waals surface area contributed by atoms with Crippen LogP contribution in [-0.2, 0) is 6.42 Å². The summed E-state index contributed by atoms with van der Waals surface area (Å²) < 4.78 is 0. The van der Waals surface area contributed by atoms with Gasteiger partial charge in [-0.25, -0.2) is 0 Å². The Balaban J connectivity index is 2.04. The number of hydrogen-bond donors (Lipinski definition) is 2. The minimum atomic E-state index is 0.921. The molecular weight excluding hydrogens is 216 g/mol. The molecule has 0 unspecified atom stereocenters. The number of H-pyrrole nitrogens is 1. The van der Waals surface area contributed by atoms with Gasteiger partial charge in [0.05, 0.1) is 0 Å². The Morgan fingerprint density at radius 3 is 2.88 bits per heavy atom. The number of nitrogens with zero attached hydrogens (tertiary/aromatic N) is 1. The quantitative estimate of drug-likeness (QED) is 0.761. The van der Waals surface area contributed by atoms with E-state index in [1.807, 2.05) is 0 Å². The molecule has 0 saturated carbocycles. The Morgan fingerprint density at radius 2 is 2.06 bits per heavy atom. The van der Waals surface area contributed by atoms with Crippen LogP contribution < -0.4 is 0 Å². The zero-order valence-corrected chi connectivity index (χ0v) is 10.5. The van der Waals surface area contributed by atoms with Crippen LogP contribution in [0.25, 0.3) is 10.9 Å². The fraction of sp³-hybridized carbons (Fsp3) is 0.385. The topological polar surface area (TPSA) is 19.0 Å². The van der Waals surface area contributed by atoms with Gasteiger partial charge in [0, 0.05) is 35.9 Å². The number of fused-ring (bicyclic) bond motifs is 1. The van der Waals surface area contributed by atoms with E-state index >= 15 is 0 Å². The highest BCUT2D eigenvalue weighted by atomic mass is 32.1. The Hall–Kier alpha value is -0.930. The van der Waals surface area contributed by atoms with Gasteiger partial charge in [-0.2, -0.15) is 12.6 Å². The first-order valence-electron chi connectivity index (χ1n) is 5.65. The SMILES string of the molecule is CN(CCS)CCc1c[nH]c2ccccc12. The van der Waals surface area contributed by atoms with Gasteiger partial charge in [0.15, 0.2) is 0 Å². The zero-order valence-electron chi connectivity index (χ0n) is 9.61. The lowest BCUT2D eigenvalue weighted by molar-refractivity contribution is 0.361. The molecular formula is C13H18N2S. The van der Waals surface area contributed by atoms with E-state index in [1.165, 1.54) is 16.5 Å². The molecule has 2 rings (SSSR count). The highest BCUT2D eigenvalue weighted by Gasteiger charge is 2.03. The van der Waals surface area contributed by atoms with Gasteiger partial charge in [-0.15, -0.1) is 0 Å². The number of para-hydroxylation sites is 1. The van der Waals surface area contributed by atoms with Crippen molar-refractivity contribution in [2.24, 2.45) is 0 Å². The van der Waals surface area contributed by atoms with Gasteiger partial charge in [0.25, 0.3) is 0 Å². The van der Waals surface area contributed by atoms with Crippen molar-refractivity contribution in [3.63, 3.8) is 0 Å². The van der Waals surface area contributed by atoms with Crippen LogP contribution in [0, 0.1) is 0 Å². The second-order valence-corrected chi connectivity index (χ2v) is 4.58. The maximum absolute atomic E-state index is 4.24. The van der Waals surface area contributed by atoms with Crippen molar-refractivity contribution in [3.05, 3.63) is 36.0 Å². The molecule has 1 heterocycles. The van der Waals surface area contributed by atoms with Crippen molar-refractivity contribution in [1.82, 2.24) is 9.88 Å². The summed E-state index contributed by atoms with van der Waals surface area (Å²) >= 11 is 4.24. The fourth-order valence-electron chi connectivity index (χ4n) is 1.93. The molecule has 1 aromatic carbocycles. The molecule has 0 bridgehead atoms. The zero-order chi connectivity index (χ0) is 11.4. The van der Waals surface area contributed by atoms with Crippen LogP contribution in [0.1, 0.15) is 5.56 Å². The first-order chi connectivity index (χ1) is 7.81. The van der Waals surface area contributed by atoms with E-state index in [4.69, 9.17) is 0 Å². The third kappa shape index (κ3) is 2.60. The van der Waals surface area contributed by atoms with Gasteiger partial charge in [-0.05, 0) is 25.1 Å². The van der Waals surface area contributed by atoms with E-state index < -0.39 is 0 Å². The highest BCUT2D eigenvalue weighted by Crippen LogP contribution is 2.18. The van der Waals surface area contributed by atoms with E-state index in [2.05, 4.69) is 60.0 Å². The number of aromatic nitrogens is 1. The summed E-state index contributed by atoms with van der Waals surface area (Å²) in [5, 5.41) is 1.35. The van der Waals surface area contributed by atoms with Crippen molar-refractivity contribution in [3.8, 4) is 0 Å². The fourth-order valence-corrected chi connectivity index (χ4v) is 2.27. The van der Waals surface area contributed by atoms with Crippen LogP contribution in [0.4, 0.5) is 0 Å². The average Bonchev–Trinajstić information content (AvgIpc) is 2.70. The average molecular weight is 234 g/mol. The van der Waals surface area contributed by atoms with Gasteiger partial charge in [-0.3, -0.25) is 0 Å². The molecule has 1 aromatic heterocycles. The van der Waals surface area contributed by atoms with Crippen molar-refractivity contribution >= 4 is 23.5 Å². The molecule has 0 aliphatic heterocycles. The minimum absolute atomic E-state index is 0.921. The van der Waals surface area contributed by atoms with Crippen LogP contribution in [0.2, 0.25) is 0 Å². The summed E-state index contributed by atoms with van der Waals surface area (Å²) in [7, 11) is 2.14. The Kier molecular flexibility index (Phi) is 3.91. The Labute approximate surface area is 102 Å². The summed E-state index contributed by atoms with van der Waals surface area (Å²) in [5.41, 5.74) is 2.64. The molecule has 0 fully saturated rings. The smallest absolute Gasteiger partial charge is 0.0456 e. The lowest BCUT2D eigenvalue weighted by atomic mass is 10.1. The maximum Gasteiger partial charge on any atom is 0.0456 e. The molecule has 2 aromatic rings. The largest absolute Gasteiger partial charge is 0.361 e. The summed E-state index contributed by atoms with van der Waals surface area (Å²) in [4.78, 5) is 5.62.